The van der Waals surface area contributed by atoms with Gasteiger partial charge in [0.25, 0.3) is 5.91 Å². The van der Waals surface area contributed by atoms with E-state index >= 15 is 0 Å². The molecular formula is C23H20N4O2S. The van der Waals surface area contributed by atoms with E-state index in [4.69, 9.17) is 0 Å². The van der Waals surface area contributed by atoms with Crippen molar-refractivity contribution in [2.45, 2.75) is 20.3 Å². The van der Waals surface area contributed by atoms with Gasteiger partial charge in [0.05, 0.1) is 5.69 Å². The van der Waals surface area contributed by atoms with Crippen molar-refractivity contribution < 1.29 is 9.59 Å². The van der Waals surface area contributed by atoms with Crippen LogP contribution in [0, 0.1) is 11.3 Å². The second kappa shape index (κ2) is 9.63. The molecule has 7 heteroatoms. The summed E-state index contributed by atoms with van der Waals surface area (Å²) in [6.45, 7) is 3.53. The lowest BCUT2D eigenvalue weighted by Gasteiger charge is -2.03. The van der Waals surface area contributed by atoms with E-state index in [1.54, 1.807) is 24.3 Å². The molecule has 0 saturated heterocycles. The molecule has 0 atom stereocenters. The Morgan fingerprint density at radius 3 is 2.40 bits per heavy atom. The normalized spacial score (nSPS) is 10.9. The van der Waals surface area contributed by atoms with Crippen molar-refractivity contribution in [1.29, 1.82) is 5.26 Å². The molecule has 0 saturated carbocycles. The van der Waals surface area contributed by atoms with Gasteiger partial charge in [0.2, 0.25) is 5.91 Å². The molecule has 2 N–H and O–H groups in total. The van der Waals surface area contributed by atoms with Crippen molar-refractivity contribution >= 4 is 40.0 Å². The number of rotatable bonds is 6. The molecule has 3 aromatic rings. The highest BCUT2D eigenvalue weighted by molar-refractivity contribution is 7.14. The van der Waals surface area contributed by atoms with Crippen LogP contribution in [0.3, 0.4) is 0 Å². The molecular weight excluding hydrogens is 396 g/mol. The molecule has 0 aliphatic carbocycles. The van der Waals surface area contributed by atoms with Gasteiger partial charge in [-0.3, -0.25) is 14.9 Å². The summed E-state index contributed by atoms with van der Waals surface area (Å²) in [6.07, 6.45) is 2.46. The number of aryl methyl sites for hydroxylation is 1. The highest BCUT2D eigenvalue weighted by Crippen LogP contribution is 2.25. The van der Waals surface area contributed by atoms with Gasteiger partial charge in [0, 0.05) is 23.6 Å². The molecule has 30 heavy (non-hydrogen) atoms. The average Bonchev–Trinajstić information content (AvgIpc) is 3.21. The van der Waals surface area contributed by atoms with Crippen molar-refractivity contribution in [2.24, 2.45) is 0 Å². The van der Waals surface area contributed by atoms with E-state index in [1.165, 1.54) is 29.9 Å². The first-order valence-corrected chi connectivity index (χ1v) is 10.2. The first-order valence-electron chi connectivity index (χ1n) is 9.34. The third kappa shape index (κ3) is 5.40. The molecule has 3 rings (SSSR count). The van der Waals surface area contributed by atoms with E-state index in [1.807, 2.05) is 23.6 Å². The molecule has 2 aromatic carbocycles. The zero-order chi connectivity index (χ0) is 21.5. The van der Waals surface area contributed by atoms with E-state index < -0.39 is 5.91 Å². The standard InChI is InChI=1S/C23H20N4O2S/c1-3-16-4-8-18(9-5-16)21-14-30-23(26-21)27-22(29)19(13-24)12-17-6-10-20(11-7-17)25-15(2)28/h4-12,14H,3H2,1-2H3,(H,25,28)(H,26,27,29)/b19-12+. The predicted molar refractivity (Wildman–Crippen MR) is 120 cm³/mol. The van der Waals surface area contributed by atoms with E-state index in [2.05, 4.69) is 34.7 Å². The smallest absolute Gasteiger partial charge is 0.268 e. The minimum Gasteiger partial charge on any atom is -0.326 e. The van der Waals surface area contributed by atoms with Gasteiger partial charge in [-0.15, -0.1) is 11.3 Å². The molecule has 0 fully saturated rings. The van der Waals surface area contributed by atoms with Crippen LogP contribution in [0.25, 0.3) is 17.3 Å². The summed E-state index contributed by atoms with van der Waals surface area (Å²) in [4.78, 5) is 28.0. The van der Waals surface area contributed by atoms with Crippen LogP contribution in [0.4, 0.5) is 10.8 Å². The highest BCUT2D eigenvalue weighted by Gasteiger charge is 2.13. The molecule has 0 aliphatic heterocycles. The van der Waals surface area contributed by atoms with Gasteiger partial charge < -0.3 is 5.32 Å². The number of carbonyl (C=O) groups excluding carboxylic acids is 2. The Morgan fingerprint density at radius 2 is 1.80 bits per heavy atom. The summed E-state index contributed by atoms with van der Waals surface area (Å²) in [7, 11) is 0. The molecule has 0 radical (unpaired) electrons. The maximum Gasteiger partial charge on any atom is 0.268 e. The van der Waals surface area contributed by atoms with E-state index in [-0.39, 0.29) is 11.5 Å². The fourth-order valence-corrected chi connectivity index (χ4v) is 3.44. The quantitative estimate of drug-likeness (QED) is 0.442. The average molecular weight is 417 g/mol. The lowest BCUT2D eigenvalue weighted by atomic mass is 10.1. The topological polar surface area (TPSA) is 94.9 Å². The molecule has 1 aromatic heterocycles. The minimum absolute atomic E-state index is 0.0358. The van der Waals surface area contributed by atoms with Crippen LogP contribution in [0.15, 0.2) is 59.5 Å². The fraction of sp³-hybridized carbons (Fsp3) is 0.130. The highest BCUT2D eigenvalue weighted by atomic mass is 32.1. The van der Waals surface area contributed by atoms with Gasteiger partial charge in [-0.2, -0.15) is 5.26 Å². The Bertz CT molecular complexity index is 1120. The predicted octanol–water partition coefficient (Wildman–Crippen LogP) is 4.88. The molecule has 150 valence electrons. The van der Waals surface area contributed by atoms with Crippen LogP contribution < -0.4 is 10.6 Å². The zero-order valence-electron chi connectivity index (χ0n) is 16.6. The maximum atomic E-state index is 12.5. The van der Waals surface area contributed by atoms with Crippen molar-refractivity contribution in [2.75, 3.05) is 10.6 Å². The van der Waals surface area contributed by atoms with Crippen molar-refractivity contribution in [3.05, 3.63) is 70.6 Å². The van der Waals surface area contributed by atoms with Gasteiger partial charge in [0.15, 0.2) is 5.13 Å². The Hall–Kier alpha value is -3.76. The summed E-state index contributed by atoms with van der Waals surface area (Å²) in [6, 6.07) is 16.9. The largest absolute Gasteiger partial charge is 0.326 e. The molecule has 2 amide bonds. The minimum atomic E-state index is -0.523. The SMILES string of the molecule is CCc1ccc(-c2csc(NC(=O)/C(C#N)=C/c3ccc(NC(C)=O)cc3)n2)cc1. The van der Waals surface area contributed by atoms with Gasteiger partial charge in [-0.05, 0) is 35.8 Å². The molecule has 0 bridgehead atoms. The molecule has 1 heterocycles. The van der Waals surface area contributed by atoms with Crippen LogP contribution in [0.2, 0.25) is 0 Å². The number of nitriles is 1. The van der Waals surface area contributed by atoms with E-state index in [0.717, 1.165) is 17.7 Å². The molecule has 6 nitrogen and oxygen atoms in total. The number of nitrogens with one attached hydrogen (secondary N) is 2. The molecule has 0 spiro atoms. The summed E-state index contributed by atoms with van der Waals surface area (Å²) in [5, 5.41) is 17.0. The first-order chi connectivity index (χ1) is 14.5. The first kappa shape index (κ1) is 21.0. The molecule has 0 unspecified atom stereocenters. The number of thiazole rings is 1. The number of anilines is 2. The van der Waals surface area contributed by atoms with Crippen LogP contribution in [-0.4, -0.2) is 16.8 Å². The molecule has 0 aliphatic rings. The number of hydrogen-bond donors (Lipinski definition) is 2. The Balaban J connectivity index is 1.70. The van der Waals surface area contributed by atoms with Gasteiger partial charge in [-0.1, -0.05) is 43.3 Å². The lowest BCUT2D eigenvalue weighted by Crippen LogP contribution is -2.13. The third-order valence-corrected chi connectivity index (χ3v) is 5.05. The Kier molecular flexibility index (Phi) is 6.73. The lowest BCUT2D eigenvalue weighted by molar-refractivity contribution is -0.114. The van der Waals surface area contributed by atoms with Crippen LogP contribution in [0.1, 0.15) is 25.0 Å². The third-order valence-electron chi connectivity index (χ3n) is 4.29. The number of benzene rings is 2. The van der Waals surface area contributed by atoms with E-state index in [0.29, 0.717) is 16.4 Å². The van der Waals surface area contributed by atoms with Gasteiger partial charge >= 0.3 is 0 Å². The van der Waals surface area contributed by atoms with Crippen LogP contribution >= 0.6 is 11.3 Å². The second-order valence-corrected chi connectivity index (χ2v) is 7.37. The number of carbonyl (C=O) groups is 2. The number of aromatic nitrogens is 1. The summed E-state index contributed by atoms with van der Waals surface area (Å²) in [5.74, 6) is -0.690. The Morgan fingerprint density at radius 1 is 1.10 bits per heavy atom. The van der Waals surface area contributed by atoms with Crippen molar-refractivity contribution in [3.8, 4) is 17.3 Å². The maximum absolute atomic E-state index is 12.5. The van der Waals surface area contributed by atoms with Crippen LogP contribution in [-0.2, 0) is 16.0 Å². The fourth-order valence-electron chi connectivity index (χ4n) is 2.72. The van der Waals surface area contributed by atoms with Gasteiger partial charge in [-0.25, -0.2) is 4.98 Å². The summed E-state index contributed by atoms with van der Waals surface area (Å²) >= 11 is 1.30. The Labute approximate surface area is 178 Å². The zero-order valence-corrected chi connectivity index (χ0v) is 17.4. The van der Waals surface area contributed by atoms with Crippen molar-refractivity contribution in [3.63, 3.8) is 0 Å². The second-order valence-electron chi connectivity index (χ2n) is 6.52. The number of nitrogens with zero attached hydrogens (tertiary/aromatic N) is 2. The number of amides is 2. The van der Waals surface area contributed by atoms with E-state index in [9.17, 15) is 14.9 Å². The summed E-state index contributed by atoms with van der Waals surface area (Å²) in [5.41, 5.74) is 4.27. The number of hydrogen-bond acceptors (Lipinski definition) is 5. The van der Waals surface area contributed by atoms with Crippen molar-refractivity contribution in [1.82, 2.24) is 4.98 Å². The van der Waals surface area contributed by atoms with Crippen LogP contribution in [0.5, 0.6) is 0 Å². The van der Waals surface area contributed by atoms with Gasteiger partial charge in [0.1, 0.15) is 11.6 Å². The monoisotopic (exact) mass is 416 g/mol. The summed E-state index contributed by atoms with van der Waals surface area (Å²) < 4.78 is 0.